The summed E-state index contributed by atoms with van der Waals surface area (Å²) in [5.41, 5.74) is 2.58. The summed E-state index contributed by atoms with van der Waals surface area (Å²) in [5.74, 6) is 1.07. The smallest absolute Gasteiger partial charge is 0.231 e. The van der Waals surface area contributed by atoms with Crippen molar-refractivity contribution in [3.05, 3.63) is 47.7 Å². The SMILES string of the molecule is COc1cc(C2c3ccc4[nH]ccc4c3OC(=N)C2C#N)cc2c1OCO2. The lowest BCUT2D eigenvalue weighted by Gasteiger charge is -2.31. The topological polar surface area (TPSA) is 100 Å². The van der Waals surface area contributed by atoms with E-state index in [4.69, 9.17) is 24.4 Å². The number of hydrogen-bond donors (Lipinski definition) is 2. The monoisotopic (exact) mass is 361 g/mol. The first-order valence-electron chi connectivity index (χ1n) is 8.44. The molecule has 2 N–H and O–H groups in total. The minimum Gasteiger partial charge on any atom is -0.493 e. The molecule has 2 aliphatic rings. The van der Waals surface area contributed by atoms with Crippen molar-refractivity contribution in [2.24, 2.45) is 5.92 Å². The maximum atomic E-state index is 9.75. The molecule has 3 aromatic rings. The average Bonchev–Trinajstić information content (AvgIpc) is 3.35. The third-order valence-electron chi connectivity index (χ3n) is 5.06. The first kappa shape index (κ1) is 15.6. The van der Waals surface area contributed by atoms with E-state index in [9.17, 15) is 5.26 Å². The molecule has 5 rings (SSSR count). The summed E-state index contributed by atoms with van der Waals surface area (Å²) < 4.78 is 22.2. The molecular weight excluding hydrogens is 346 g/mol. The van der Waals surface area contributed by atoms with Crippen LogP contribution in [-0.4, -0.2) is 24.8 Å². The van der Waals surface area contributed by atoms with Gasteiger partial charge in [-0.25, -0.2) is 0 Å². The molecule has 2 atom stereocenters. The quantitative estimate of drug-likeness (QED) is 0.727. The molecule has 0 radical (unpaired) electrons. The van der Waals surface area contributed by atoms with E-state index >= 15 is 0 Å². The fraction of sp³-hybridized carbons (Fsp3) is 0.200. The van der Waals surface area contributed by atoms with Crippen LogP contribution in [0.5, 0.6) is 23.0 Å². The molecule has 0 saturated carbocycles. The van der Waals surface area contributed by atoms with Crippen LogP contribution < -0.4 is 18.9 Å². The van der Waals surface area contributed by atoms with Gasteiger partial charge < -0.3 is 23.9 Å². The molecule has 7 nitrogen and oxygen atoms in total. The number of ether oxygens (including phenoxy) is 4. The van der Waals surface area contributed by atoms with Crippen molar-refractivity contribution < 1.29 is 18.9 Å². The summed E-state index contributed by atoms with van der Waals surface area (Å²) in [7, 11) is 1.56. The minimum atomic E-state index is -0.751. The Bertz CT molecular complexity index is 1130. The second-order valence-electron chi connectivity index (χ2n) is 6.43. The molecule has 7 heteroatoms. The second-order valence-corrected chi connectivity index (χ2v) is 6.43. The highest BCUT2D eigenvalue weighted by Crippen LogP contribution is 2.49. The lowest BCUT2D eigenvalue weighted by molar-refractivity contribution is 0.171. The first-order chi connectivity index (χ1) is 13.2. The highest BCUT2D eigenvalue weighted by Gasteiger charge is 2.39. The first-order valence-corrected chi connectivity index (χ1v) is 8.44. The van der Waals surface area contributed by atoms with Gasteiger partial charge in [0, 0.05) is 28.6 Å². The molecule has 2 unspecified atom stereocenters. The van der Waals surface area contributed by atoms with Crippen LogP contribution in [-0.2, 0) is 0 Å². The number of nitriles is 1. The molecule has 2 aromatic carbocycles. The molecule has 0 saturated heterocycles. The number of nitrogens with zero attached hydrogens (tertiary/aromatic N) is 1. The standard InChI is InChI=1S/C20H15N3O4/c1-24-15-6-10(7-16-19(15)26-9-25-16)17-12-2-3-14-11(4-5-23-14)18(12)27-20(22)13(17)8-21/h2-7,13,17,22-23H,9H2,1H3. The Morgan fingerprint density at radius 2 is 2.11 bits per heavy atom. The van der Waals surface area contributed by atoms with Crippen molar-refractivity contribution in [1.29, 1.82) is 10.7 Å². The highest BCUT2D eigenvalue weighted by atomic mass is 16.7. The molecule has 1 aromatic heterocycles. The van der Waals surface area contributed by atoms with E-state index in [1.54, 1.807) is 7.11 Å². The fourth-order valence-corrected chi connectivity index (χ4v) is 3.82. The summed E-state index contributed by atoms with van der Waals surface area (Å²) >= 11 is 0. The number of fused-ring (bicyclic) bond motifs is 4. The van der Waals surface area contributed by atoms with Crippen LogP contribution in [0, 0.1) is 22.7 Å². The van der Waals surface area contributed by atoms with E-state index in [0.717, 1.165) is 22.0 Å². The zero-order valence-corrected chi connectivity index (χ0v) is 14.4. The molecule has 27 heavy (non-hydrogen) atoms. The van der Waals surface area contributed by atoms with Gasteiger partial charge in [0.15, 0.2) is 11.5 Å². The summed E-state index contributed by atoms with van der Waals surface area (Å²) in [5, 5.41) is 18.9. The molecule has 0 amide bonds. The van der Waals surface area contributed by atoms with Gasteiger partial charge in [-0.05, 0) is 29.8 Å². The van der Waals surface area contributed by atoms with Crippen molar-refractivity contribution in [3.63, 3.8) is 0 Å². The number of aromatic amines is 1. The number of hydrogen-bond acceptors (Lipinski definition) is 6. The molecule has 0 aliphatic carbocycles. The minimum absolute atomic E-state index is 0.0691. The van der Waals surface area contributed by atoms with Gasteiger partial charge in [-0.15, -0.1) is 0 Å². The van der Waals surface area contributed by atoms with Gasteiger partial charge in [-0.2, -0.15) is 5.26 Å². The third-order valence-corrected chi connectivity index (χ3v) is 5.06. The Labute approximate surface area is 154 Å². The van der Waals surface area contributed by atoms with Gasteiger partial charge in [-0.1, -0.05) is 6.07 Å². The van der Waals surface area contributed by atoms with Crippen molar-refractivity contribution in [2.45, 2.75) is 5.92 Å². The lowest BCUT2D eigenvalue weighted by Crippen LogP contribution is -2.31. The molecule has 0 spiro atoms. The lowest BCUT2D eigenvalue weighted by atomic mass is 9.78. The van der Waals surface area contributed by atoms with Gasteiger partial charge in [-0.3, -0.25) is 5.41 Å². The summed E-state index contributed by atoms with van der Waals surface area (Å²) in [6, 6.07) is 11.7. The van der Waals surface area contributed by atoms with Crippen molar-refractivity contribution in [2.75, 3.05) is 13.9 Å². The highest BCUT2D eigenvalue weighted by molar-refractivity contribution is 5.94. The third kappa shape index (κ3) is 2.16. The van der Waals surface area contributed by atoms with Crippen LogP contribution in [0.15, 0.2) is 36.5 Å². The van der Waals surface area contributed by atoms with Gasteiger partial charge in [0.1, 0.15) is 11.7 Å². The van der Waals surface area contributed by atoms with E-state index < -0.39 is 5.92 Å². The van der Waals surface area contributed by atoms with Crippen molar-refractivity contribution >= 4 is 16.8 Å². The van der Waals surface area contributed by atoms with Crippen molar-refractivity contribution in [3.8, 4) is 29.1 Å². The Balaban J connectivity index is 1.76. The van der Waals surface area contributed by atoms with Gasteiger partial charge in [0.05, 0.1) is 13.2 Å². The molecule has 2 aliphatic heterocycles. The van der Waals surface area contributed by atoms with Crippen LogP contribution >= 0.6 is 0 Å². The summed E-state index contributed by atoms with van der Waals surface area (Å²) in [6.45, 7) is 0.126. The second kappa shape index (κ2) is 5.68. The fourth-order valence-electron chi connectivity index (χ4n) is 3.82. The van der Waals surface area contributed by atoms with Crippen LogP contribution in [0.4, 0.5) is 0 Å². The van der Waals surface area contributed by atoms with Gasteiger partial charge in [0.25, 0.3) is 0 Å². The number of rotatable bonds is 2. The number of H-pyrrole nitrogens is 1. The maximum Gasteiger partial charge on any atom is 0.231 e. The van der Waals surface area contributed by atoms with Crippen LogP contribution in [0.3, 0.4) is 0 Å². The normalized spacial score (nSPS) is 20.1. The van der Waals surface area contributed by atoms with E-state index in [0.29, 0.717) is 23.0 Å². The van der Waals surface area contributed by atoms with Gasteiger partial charge >= 0.3 is 0 Å². The summed E-state index contributed by atoms with van der Waals surface area (Å²) in [4.78, 5) is 3.14. The van der Waals surface area contributed by atoms with Crippen LogP contribution in [0.2, 0.25) is 0 Å². The van der Waals surface area contributed by atoms with Crippen LogP contribution in [0.1, 0.15) is 17.0 Å². The largest absolute Gasteiger partial charge is 0.493 e. The molecule has 0 fully saturated rings. The molecule has 3 heterocycles. The number of benzene rings is 2. The Morgan fingerprint density at radius 3 is 2.93 bits per heavy atom. The van der Waals surface area contributed by atoms with E-state index in [1.165, 1.54) is 0 Å². The number of nitrogens with one attached hydrogen (secondary N) is 2. The average molecular weight is 361 g/mol. The number of methoxy groups -OCH3 is 1. The van der Waals surface area contributed by atoms with E-state index in [1.807, 2.05) is 36.5 Å². The van der Waals surface area contributed by atoms with Crippen LogP contribution in [0.25, 0.3) is 10.9 Å². The Hall–Kier alpha value is -3.66. The van der Waals surface area contributed by atoms with E-state index in [2.05, 4.69) is 11.1 Å². The summed E-state index contributed by atoms with van der Waals surface area (Å²) in [6.07, 6.45) is 1.83. The predicted octanol–water partition coefficient (Wildman–Crippen LogP) is 3.55. The zero-order valence-electron chi connectivity index (χ0n) is 14.4. The molecular formula is C20H15N3O4. The molecule has 134 valence electrons. The zero-order chi connectivity index (χ0) is 18.5. The number of aromatic nitrogens is 1. The van der Waals surface area contributed by atoms with Crippen molar-refractivity contribution in [1.82, 2.24) is 4.98 Å². The van der Waals surface area contributed by atoms with E-state index in [-0.39, 0.29) is 18.6 Å². The Morgan fingerprint density at radius 1 is 1.22 bits per heavy atom. The predicted molar refractivity (Wildman–Crippen MR) is 96.7 cm³/mol. The Kier molecular flexibility index (Phi) is 3.28. The maximum absolute atomic E-state index is 9.75. The van der Waals surface area contributed by atoms with Gasteiger partial charge in [0.2, 0.25) is 18.4 Å². The molecule has 0 bridgehead atoms.